The van der Waals surface area contributed by atoms with Crippen molar-refractivity contribution in [3.05, 3.63) is 33.4 Å². The maximum atomic E-state index is 13.6. The van der Waals surface area contributed by atoms with Gasteiger partial charge in [-0.25, -0.2) is 0 Å². The quantitative estimate of drug-likeness (QED) is 0.328. The summed E-state index contributed by atoms with van der Waals surface area (Å²) in [6, 6.07) is 0. The summed E-state index contributed by atoms with van der Waals surface area (Å²) in [5.41, 5.74) is -3.41. The number of ketones is 2. The van der Waals surface area contributed by atoms with Gasteiger partial charge in [-0.15, -0.1) is 0 Å². The molecule has 168 valence electrons. The molecule has 6 aliphatic rings. The molecule has 10 heteroatoms. The van der Waals surface area contributed by atoms with E-state index in [-0.39, 0.29) is 35.1 Å². The smallest absolute Gasteiger partial charge is 0.309 e. The maximum absolute atomic E-state index is 13.6. The number of carbonyl (C=O) groups is 3. The second-order valence-corrected chi connectivity index (χ2v) is 9.00. The molecule has 32 heavy (non-hydrogen) atoms. The number of aliphatic hydroxyl groups is 2. The van der Waals surface area contributed by atoms with Crippen LogP contribution in [0.4, 0.5) is 0 Å². The molecule has 0 aromatic heterocycles. The van der Waals surface area contributed by atoms with Crippen LogP contribution in [-0.4, -0.2) is 68.0 Å². The predicted octanol–water partition coefficient (Wildman–Crippen LogP) is 0.504. The molecular weight excluding hydrogens is 424 g/mol. The van der Waals surface area contributed by atoms with Crippen LogP contribution in [0.3, 0.4) is 0 Å². The number of carbonyl (C=O) groups excluding carboxylic acids is 3. The summed E-state index contributed by atoms with van der Waals surface area (Å²) in [6.45, 7) is 3.07. The summed E-state index contributed by atoms with van der Waals surface area (Å²) in [5.74, 6) is -3.36. The molecule has 0 saturated carbocycles. The average Bonchev–Trinajstić information content (AvgIpc) is 3.09. The fraction of sp³-hybridized carbons (Fsp3) is 0.500. The molecule has 7 atom stereocenters. The highest BCUT2D eigenvalue weighted by molar-refractivity contribution is 6.30. The third kappa shape index (κ3) is 2.06. The van der Waals surface area contributed by atoms with Gasteiger partial charge >= 0.3 is 5.97 Å². The molecule has 2 fully saturated rings. The highest BCUT2D eigenvalue weighted by Crippen LogP contribution is 2.57. The van der Waals surface area contributed by atoms with Gasteiger partial charge in [-0.1, -0.05) is 0 Å². The SMILES string of the molecule is C[C@@H]1O[C@H]2CC(=O)O[C@H]2c2c(O)c3c(c(O)c21)C(=O)C1=C(C3=O)[C@@H]2C[C@H](O)[C@]1(O)[C@@H](C)O2. The first kappa shape index (κ1) is 19.9. The Balaban J connectivity index is 1.64. The summed E-state index contributed by atoms with van der Waals surface area (Å²) in [5, 5.41) is 44.0. The summed E-state index contributed by atoms with van der Waals surface area (Å²) in [7, 11) is 0. The molecule has 2 aliphatic carbocycles. The Morgan fingerprint density at radius 1 is 0.969 bits per heavy atom. The zero-order valence-electron chi connectivity index (χ0n) is 17.1. The number of esters is 1. The minimum Gasteiger partial charge on any atom is -0.507 e. The largest absolute Gasteiger partial charge is 0.507 e. The van der Waals surface area contributed by atoms with Crippen LogP contribution in [0.2, 0.25) is 0 Å². The van der Waals surface area contributed by atoms with Crippen molar-refractivity contribution in [3.63, 3.8) is 0 Å². The Hall–Kier alpha value is -2.79. The van der Waals surface area contributed by atoms with Crippen molar-refractivity contribution >= 4 is 17.5 Å². The number of Topliss-reactive ketones (excluding diaryl/α,β-unsaturated/α-hetero) is 2. The molecule has 1 aromatic carbocycles. The van der Waals surface area contributed by atoms with Crippen molar-refractivity contribution in [3.8, 4) is 11.5 Å². The molecule has 1 aromatic rings. The van der Waals surface area contributed by atoms with E-state index in [1.807, 2.05) is 0 Å². The molecule has 0 spiro atoms. The fourth-order valence-electron chi connectivity index (χ4n) is 5.95. The van der Waals surface area contributed by atoms with E-state index in [1.54, 1.807) is 6.92 Å². The molecule has 4 aliphatic heterocycles. The van der Waals surface area contributed by atoms with Gasteiger partial charge in [-0.05, 0) is 13.8 Å². The minimum atomic E-state index is -2.14. The normalized spacial score (nSPS) is 39.4. The number of rotatable bonds is 0. The first-order chi connectivity index (χ1) is 15.1. The van der Waals surface area contributed by atoms with Crippen molar-refractivity contribution in [2.75, 3.05) is 0 Å². The molecule has 4 heterocycles. The van der Waals surface area contributed by atoms with E-state index in [4.69, 9.17) is 14.2 Å². The standard InChI is InChI=1S/C22H20O10/c1-5-11-15(21-8(30-5)4-10(24)32-21)19(27)13-14(17(11)25)20(28)16-12(18(13)26)7-3-9(23)22(16,29)6(2)31-7/h5-9,21,23,25,27,29H,3-4H2,1-2H3/t5-,6+,7-,8-,9-,21+,22+/m0/s1. The topological polar surface area (TPSA) is 160 Å². The first-order valence-corrected chi connectivity index (χ1v) is 10.4. The highest BCUT2D eigenvalue weighted by atomic mass is 16.6. The Labute approximate surface area is 181 Å². The van der Waals surface area contributed by atoms with E-state index in [2.05, 4.69) is 0 Å². The van der Waals surface area contributed by atoms with Gasteiger partial charge in [0, 0.05) is 28.7 Å². The van der Waals surface area contributed by atoms with Crippen LogP contribution in [0.5, 0.6) is 11.5 Å². The van der Waals surface area contributed by atoms with Crippen LogP contribution in [-0.2, 0) is 19.0 Å². The number of phenols is 2. The average molecular weight is 444 g/mol. The van der Waals surface area contributed by atoms with Gasteiger partial charge in [0.25, 0.3) is 0 Å². The third-order valence-corrected chi connectivity index (χ3v) is 7.41. The Bertz CT molecular complexity index is 1170. The Morgan fingerprint density at radius 2 is 1.62 bits per heavy atom. The lowest BCUT2D eigenvalue weighted by Gasteiger charge is -2.52. The van der Waals surface area contributed by atoms with Gasteiger partial charge in [0.2, 0.25) is 0 Å². The number of fused-ring (bicyclic) bond motifs is 6. The monoisotopic (exact) mass is 444 g/mol. The van der Waals surface area contributed by atoms with Crippen LogP contribution in [0.25, 0.3) is 0 Å². The zero-order chi connectivity index (χ0) is 22.9. The Morgan fingerprint density at radius 3 is 2.31 bits per heavy atom. The van der Waals surface area contributed by atoms with Gasteiger partial charge in [0.15, 0.2) is 17.7 Å². The molecule has 2 saturated heterocycles. The maximum Gasteiger partial charge on any atom is 0.309 e. The van der Waals surface area contributed by atoms with Gasteiger partial charge in [-0.3, -0.25) is 14.4 Å². The van der Waals surface area contributed by atoms with E-state index < -0.39 is 82.4 Å². The minimum absolute atomic E-state index is 0.0371. The van der Waals surface area contributed by atoms with Crippen molar-refractivity contribution in [1.82, 2.24) is 0 Å². The van der Waals surface area contributed by atoms with E-state index >= 15 is 0 Å². The van der Waals surface area contributed by atoms with Crippen LogP contribution in [0.15, 0.2) is 11.1 Å². The highest BCUT2D eigenvalue weighted by Gasteiger charge is 2.62. The first-order valence-electron chi connectivity index (χ1n) is 10.4. The number of ether oxygens (including phenoxy) is 3. The van der Waals surface area contributed by atoms with Crippen molar-refractivity contribution < 1.29 is 49.0 Å². The van der Waals surface area contributed by atoms with E-state index in [9.17, 15) is 34.8 Å². The molecular formula is C22H20O10. The molecule has 10 nitrogen and oxygen atoms in total. The fourth-order valence-corrected chi connectivity index (χ4v) is 5.95. The lowest BCUT2D eigenvalue weighted by Crippen LogP contribution is -2.66. The summed E-state index contributed by atoms with van der Waals surface area (Å²) < 4.78 is 16.7. The summed E-state index contributed by atoms with van der Waals surface area (Å²) in [6.07, 6.45) is -5.97. The van der Waals surface area contributed by atoms with E-state index in [0.717, 1.165) is 0 Å². The molecule has 2 bridgehead atoms. The van der Waals surface area contributed by atoms with E-state index in [1.165, 1.54) is 6.92 Å². The molecule has 4 N–H and O–H groups in total. The second-order valence-electron chi connectivity index (χ2n) is 9.00. The number of hydrogen-bond donors (Lipinski definition) is 4. The number of aromatic hydroxyl groups is 2. The lowest BCUT2D eigenvalue weighted by atomic mass is 9.63. The van der Waals surface area contributed by atoms with Crippen LogP contribution < -0.4 is 0 Å². The van der Waals surface area contributed by atoms with Crippen LogP contribution >= 0.6 is 0 Å². The van der Waals surface area contributed by atoms with E-state index in [0.29, 0.717) is 0 Å². The molecule has 0 unspecified atom stereocenters. The van der Waals surface area contributed by atoms with Gasteiger partial charge in [0.05, 0.1) is 42.0 Å². The van der Waals surface area contributed by atoms with Crippen molar-refractivity contribution in [2.24, 2.45) is 0 Å². The summed E-state index contributed by atoms with van der Waals surface area (Å²) >= 11 is 0. The number of aliphatic hydroxyl groups excluding tert-OH is 1. The van der Waals surface area contributed by atoms with Gasteiger partial charge < -0.3 is 34.6 Å². The predicted molar refractivity (Wildman–Crippen MR) is 102 cm³/mol. The number of phenolic OH excluding ortho intramolecular Hbond substituents is 2. The molecule has 0 radical (unpaired) electrons. The number of benzene rings is 1. The zero-order valence-corrected chi connectivity index (χ0v) is 17.1. The number of hydrogen-bond acceptors (Lipinski definition) is 10. The van der Waals surface area contributed by atoms with Gasteiger partial charge in [0.1, 0.15) is 23.2 Å². The van der Waals surface area contributed by atoms with Crippen LogP contribution in [0.1, 0.15) is 70.7 Å². The summed E-state index contributed by atoms with van der Waals surface area (Å²) in [4.78, 5) is 39.0. The Kier molecular flexibility index (Phi) is 3.70. The third-order valence-electron chi connectivity index (χ3n) is 7.41. The second kappa shape index (κ2) is 5.96. The van der Waals surface area contributed by atoms with Crippen LogP contribution in [0, 0.1) is 0 Å². The van der Waals surface area contributed by atoms with Crippen molar-refractivity contribution in [2.45, 2.75) is 68.9 Å². The molecule has 0 amide bonds. The van der Waals surface area contributed by atoms with Gasteiger partial charge in [-0.2, -0.15) is 0 Å². The molecule has 7 rings (SSSR count). The van der Waals surface area contributed by atoms with Crippen molar-refractivity contribution in [1.29, 1.82) is 0 Å². The lowest BCUT2D eigenvalue weighted by molar-refractivity contribution is -0.207.